The van der Waals surface area contributed by atoms with Crippen LogP contribution in [0.4, 0.5) is 0 Å². The number of rotatable bonds is 6. The van der Waals surface area contributed by atoms with Gasteiger partial charge in [-0.2, -0.15) is 0 Å². The van der Waals surface area contributed by atoms with Crippen molar-refractivity contribution in [1.29, 1.82) is 0 Å². The van der Waals surface area contributed by atoms with Crippen LogP contribution in [0.25, 0.3) is 0 Å². The van der Waals surface area contributed by atoms with Crippen LogP contribution in [0, 0.1) is 11.3 Å². The molecular weight excluding hydrogens is 214 g/mol. The Morgan fingerprint density at radius 3 is 2.59 bits per heavy atom. The molecule has 1 aliphatic carbocycles. The van der Waals surface area contributed by atoms with E-state index in [1.807, 2.05) is 7.05 Å². The molecule has 0 heterocycles. The highest BCUT2D eigenvalue weighted by molar-refractivity contribution is 4.84. The van der Waals surface area contributed by atoms with Crippen LogP contribution in [0.3, 0.4) is 0 Å². The van der Waals surface area contributed by atoms with Crippen molar-refractivity contribution >= 4 is 0 Å². The molecule has 0 radical (unpaired) electrons. The lowest BCUT2D eigenvalue weighted by atomic mass is 9.71. The SMILES string of the molecule is CNCC(COC)OC1CC(C)CC(C)(C)C1. The fourth-order valence-corrected chi connectivity index (χ4v) is 3.19. The van der Waals surface area contributed by atoms with E-state index in [2.05, 4.69) is 26.1 Å². The summed E-state index contributed by atoms with van der Waals surface area (Å²) in [5.41, 5.74) is 0.416. The van der Waals surface area contributed by atoms with Gasteiger partial charge in [-0.3, -0.25) is 0 Å². The molecule has 3 nitrogen and oxygen atoms in total. The molecule has 0 amide bonds. The first-order valence-corrected chi connectivity index (χ1v) is 6.76. The van der Waals surface area contributed by atoms with Crippen molar-refractivity contribution in [2.75, 3.05) is 27.3 Å². The van der Waals surface area contributed by atoms with Crippen molar-refractivity contribution in [3.8, 4) is 0 Å². The topological polar surface area (TPSA) is 30.5 Å². The van der Waals surface area contributed by atoms with Crippen LogP contribution in [0.1, 0.15) is 40.0 Å². The molecule has 3 unspecified atom stereocenters. The third-order valence-electron chi connectivity index (χ3n) is 3.52. The zero-order valence-corrected chi connectivity index (χ0v) is 12.1. The van der Waals surface area contributed by atoms with Crippen LogP contribution in [0.2, 0.25) is 0 Å². The molecule has 3 heteroatoms. The molecule has 0 aromatic rings. The normalized spacial score (nSPS) is 30.2. The van der Waals surface area contributed by atoms with E-state index in [-0.39, 0.29) is 6.10 Å². The summed E-state index contributed by atoms with van der Waals surface area (Å²) in [4.78, 5) is 0. The summed E-state index contributed by atoms with van der Waals surface area (Å²) in [7, 11) is 3.69. The molecule has 102 valence electrons. The van der Waals surface area contributed by atoms with Crippen molar-refractivity contribution in [2.24, 2.45) is 11.3 Å². The van der Waals surface area contributed by atoms with Crippen molar-refractivity contribution in [3.05, 3.63) is 0 Å². The summed E-state index contributed by atoms with van der Waals surface area (Å²) < 4.78 is 11.4. The lowest BCUT2D eigenvalue weighted by Gasteiger charge is -2.40. The van der Waals surface area contributed by atoms with E-state index < -0.39 is 0 Å². The summed E-state index contributed by atoms with van der Waals surface area (Å²) in [6.07, 6.45) is 4.24. The third-order valence-corrected chi connectivity index (χ3v) is 3.52. The molecule has 1 aliphatic rings. The summed E-state index contributed by atoms with van der Waals surface area (Å²) >= 11 is 0. The predicted octanol–water partition coefficient (Wildman–Crippen LogP) is 2.45. The third kappa shape index (κ3) is 5.36. The lowest BCUT2D eigenvalue weighted by molar-refractivity contribution is -0.0851. The quantitative estimate of drug-likeness (QED) is 0.777. The molecule has 0 bridgehead atoms. The van der Waals surface area contributed by atoms with Crippen molar-refractivity contribution < 1.29 is 9.47 Å². The summed E-state index contributed by atoms with van der Waals surface area (Å²) in [6, 6.07) is 0. The van der Waals surface area contributed by atoms with E-state index in [1.54, 1.807) is 7.11 Å². The first-order valence-electron chi connectivity index (χ1n) is 6.76. The molecule has 1 rings (SSSR count). The Bertz CT molecular complexity index is 212. The molecule has 1 saturated carbocycles. The maximum absolute atomic E-state index is 6.19. The smallest absolute Gasteiger partial charge is 0.0935 e. The zero-order chi connectivity index (χ0) is 12.9. The Balaban J connectivity index is 2.47. The van der Waals surface area contributed by atoms with Crippen LogP contribution < -0.4 is 5.32 Å². The van der Waals surface area contributed by atoms with E-state index in [9.17, 15) is 0 Å². The summed E-state index contributed by atoms with van der Waals surface area (Å²) in [6.45, 7) is 8.57. The van der Waals surface area contributed by atoms with Gasteiger partial charge in [-0.1, -0.05) is 20.8 Å². The highest BCUT2D eigenvalue weighted by Gasteiger charge is 2.33. The van der Waals surface area contributed by atoms with Gasteiger partial charge in [0.25, 0.3) is 0 Å². The van der Waals surface area contributed by atoms with E-state index in [0.29, 0.717) is 18.1 Å². The first-order chi connectivity index (χ1) is 7.96. The molecule has 0 saturated heterocycles. The Labute approximate surface area is 106 Å². The largest absolute Gasteiger partial charge is 0.382 e. The molecule has 0 aromatic carbocycles. The number of methoxy groups -OCH3 is 1. The van der Waals surface area contributed by atoms with Crippen LogP contribution in [-0.4, -0.2) is 39.5 Å². The maximum atomic E-state index is 6.19. The molecule has 1 N–H and O–H groups in total. The lowest BCUT2D eigenvalue weighted by Crippen LogP contribution is -2.39. The molecular formula is C14H29NO2. The second-order valence-corrected chi connectivity index (χ2v) is 6.31. The van der Waals surface area contributed by atoms with Gasteiger partial charge in [0, 0.05) is 13.7 Å². The Morgan fingerprint density at radius 2 is 2.06 bits per heavy atom. The molecule has 3 atom stereocenters. The molecule has 0 spiro atoms. The minimum Gasteiger partial charge on any atom is -0.382 e. The van der Waals surface area contributed by atoms with Crippen molar-refractivity contribution in [2.45, 2.75) is 52.2 Å². The van der Waals surface area contributed by atoms with Gasteiger partial charge in [0.05, 0.1) is 18.8 Å². The van der Waals surface area contributed by atoms with Gasteiger partial charge in [0.15, 0.2) is 0 Å². The number of likely N-dealkylation sites (N-methyl/N-ethyl adjacent to an activating group) is 1. The number of nitrogens with one attached hydrogen (secondary N) is 1. The maximum Gasteiger partial charge on any atom is 0.0935 e. The van der Waals surface area contributed by atoms with Gasteiger partial charge in [0.2, 0.25) is 0 Å². The van der Waals surface area contributed by atoms with Gasteiger partial charge in [-0.05, 0) is 37.6 Å². The number of hydrogen-bond donors (Lipinski definition) is 1. The molecule has 17 heavy (non-hydrogen) atoms. The standard InChI is InChI=1S/C14H29NO2/c1-11-6-12(8-14(2,3)7-11)17-13(9-15-4)10-16-5/h11-13,15H,6-10H2,1-5H3. The highest BCUT2D eigenvalue weighted by atomic mass is 16.5. The fourth-order valence-electron chi connectivity index (χ4n) is 3.19. The summed E-state index contributed by atoms with van der Waals surface area (Å²) in [5.74, 6) is 0.765. The van der Waals surface area contributed by atoms with Gasteiger partial charge >= 0.3 is 0 Å². The van der Waals surface area contributed by atoms with Gasteiger partial charge in [-0.25, -0.2) is 0 Å². The summed E-state index contributed by atoms with van der Waals surface area (Å²) in [5, 5.41) is 3.17. The van der Waals surface area contributed by atoms with E-state index in [0.717, 1.165) is 12.5 Å². The zero-order valence-electron chi connectivity index (χ0n) is 12.1. The van der Waals surface area contributed by atoms with Crippen LogP contribution in [-0.2, 0) is 9.47 Å². The first kappa shape index (κ1) is 14.9. The minimum absolute atomic E-state index is 0.177. The van der Waals surface area contributed by atoms with E-state index in [4.69, 9.17) is 9.47 Å². The minimum atomic E-state index is 0.177. The second kappa shape index (κ2) is 6.72. The van der Waals surface area contributed by atoms with Crippen LogP contribution >= 0.6 is 0 Å². The van der Waals surface area contributed by atoms with E-state index in [1.165, 1.54) is 19.3 Å². The van der Waals surface area contributed by atoms with Crippen molar-refractivity contribution in [3.63, 3.8) is 0 Å². The fraction of sp³-hybridized carbons (Fsp3) is 1.00. The monoisotopic (exact) mass is 243 g/mol. The Morgan fingerprint density at radius 1 is 1.35 bits per heavy atom. The predicted molar refractivity (Wildman–Crippen MR) is 71.3 cm³/mol. The molecule has 1 fully saturated rings. The van der Waals surface area contributed by atoms with E-state index >= 15 is 0 Å². The highest BCUT2D eigenvalue weighted by Crippen LogP contribution is 2.39. The average molecular weight is 243 g/mol. The average Bonchev–Trinajstić information content (AvgIpc) is 2.14. The molecule has 0 aliphatic heterocycles. The van der Waals surface area contributed by atoms with Crippen molar-refractivity contribution in [1.82, 2.24) is 5.32 Å². The Kier molecular flexibility index (Phi) is 5.90. The van der Waals surface area contributed by atoms with Gasteiger partial charge < -0.3 is 14.8 Å². The molecule has 0 aromatic heterocycles. The second-order valence-electron chi connectivity index (χ2n) is 6.31. The number of hydrogen-bond acceptors (Lipinski definition) is 3. The van der Waals surface area contributed by atoms with Crippen LogP contribution in [0.5, 0.6) is 0 Å². The number of ether oxygens (including phenoxy) is 2. The van der Waals surface area contributed by atoms with Gasteiger partial charge in [0.1, 0.15) is 0 Å². The Hall–Kier alpha value is -0.120. The van der Waals surface area contributed by atoms with Gasteiger partial charge in [-0.15, -0.1) is 0 Å². The van der Waals surface area contributed by atoms with Crippen LogP contribution in [0.15, 0.2) is 0 Å².